The van der Waals surface area contributed by atoms with Crippen LogP contribution in [0.4, 0.5) is 10.5 Å². The van der Waals surface area contributed by atoms with Gasteiger partial charge in [0.25, 0.3) is 0 Å². The van der Waals surface area contributed by atoms with Crippen LogP contribution in [0.2, 0.25) is 0 Å². The fraction of sp³-hybridized carbons (Fsp3) is 0.480. The zero-order chi connectivity index (χ0) is 23.2. The third-order valence-electron chi connectivity index (χ3n) is 6.17. The van der Waals surface area contributed by atoms with E-state index in [1.54, 1.807) is 19.1 Å². The second-order valence-electron chi connectivity index (χ2n) is 8.53. The Morgan fingerprint density at radius 3 is 2.61 bits per heavy atom. The molecule has 0 aliphatic carbocycles. The lowest BCUT2D eigenvalue weighted by molar-refractivity contribution is 0.115. The van der Waals surface area contributed by atoms with Gasteiger partial charge in [-0.15, -0.1) is 0 Å². The predicted molar refractivity (Wildman–Crippen MR) is 130 cm³/mol. The van der Waals surface area contributed by atoms with Gasteiger partial charge in [-0.3, -0.25) is 9.80 Å². The van der Waals surface area contributed by atoms with Crippen molar-refractivity contribution in [2.24, 2.45) is 5.92 Å². The highest BCUT2D eigenvalue weighted by molar-refractivity contribution is 9.10. The number of hydrogen-bond acceptors (Lipinski definition) is 6. The van der Waals surface area contributed by atoms with E-state index < -0.39 is 0 Å². The van der Waals surface area contributed by atoms with Crippen molar-refractivity contribution < 1.29 is 23.7 Å². The van der Waals surface area contributed by atoms with Crippen LogP contribution in [-0.4, -0.2) is 70.7 Å². The summed E-state index contributed by atoms with van der Waals surface area (Å²) in [7, 11) is 3.30. The van der Waals surface area contributed by atoms with Gasteiger partial charge in [-0.2, -0.15) is 0 Å². The van der Waals surface area contributed by atoms with Crippen molar-refractivity contribution in [3.63, 3.8) is 0 Å². The number of carbonyl (C=O) groups excluding carboxylic acids is 1. The van der Waals surface area contributed by atoms with Crippen LogP contribution in [0.1, 0.15) is 12.0 Å². The highest BCUT2D eigenvalue weighted by atomic mass is 79.9. The molecule has 2 heterocycles. The molecule has 0 bridgehead atoms. The Labute approximate surface area is 203 Å². The molecule has 0 N–H and O–H groups in total. The first-order chi connectivity index (χ1) is 16.1. The maximum Gasteiger partial charge on any atom is 0.414 e. The van der Waals surface area contributed by atoms with Crippen molar-refractivity contribution in [2.45, 2.75) is 18.9 Å². The highest BCUT2D eigenvalue weighted by Gasteiger charge is 2.35. The van der Waals surface area contributed by atoms with E-state index in [0.717, 1.165) is 54.1 Å². The molecule has 0 radical (unpaired) electrons. The number of ether oxygens (including phenoxy) is 4. The minimum Gasteiger partial charge on any atom is -0.497 e. The molecule has 2 unspecified atom stereocenters. The summed E-state index contributed by atoms with van der Waals surface area (Å²) < 4.78 is 22.8. The standard InChI is InChI=1S/C25H31BrN2O5/c1-30-11-12-32-22-7-8-24(26)19(14-22)13-18-9-10-27(15-18)16-23-17-28(25(29)33-23)20-3-5-21(31-2)6-4-20/h3-8,14,18,23H,9-13,15-17H2,1-2H3. The second-order valence-corrected chi connectivity index (χ2v) is 9.38. The minimum absolute atomic E-state index is 0.123. The lowest BCUT2D eigenvalue weighted by Gasteiger charge is -2.19. The molecule has 2 aromatic rings. The van der Waals surface area contributed by atoms with Crippen molar-refractivity contribution in [1.29, 1.82) is 0 Å². The van der Waals surface area contributed by atoms with Gasteiger partial charge >= 0.3 is 6.09 Å². The van der Waals surface area contributed by atoms with E-state index in [4.69, 9.17) is 18.9 Å². The number of methoxy groups -OCH3 is 2. The molecular weight excluding hydrogens is 488 g/mol. The van der Waals surface area contributed by atoms with Gasteiger partial charge in [-0.1, -0.05) is 15.9 Å². The largest absolute Gasteiger partial charge is 0.497 e. The summed E-state index contributed by atoms with van der Waals surface area (Å²) >= 11 is 3.69. The molecule has 2 atom stereocenters. The Morgan fingerprint density at radius 2 is 1.85 bits per heavy atom. The first kappa shape index (κ1) is 23.9. The molecule has 33 heavy (non-hydrogen) atoms. The van der Waals surface area contributed by atoms with Gasteiger partial charge in [-0.05, 0) is 73.3 Å². The van der Waals surface area contributed by atoms with Crippen molar-refractivity contribution in [3.05, 3.63) is 52.5 Å². The number of nitrogens with zero attached hydrogens (tertiary/aromatic N) is 2. The summed E-state index contributed by atoms with van der Waals surface area (Å²) in [6.07, 6.45) is 1.71. The van der Waals surface area contributed by atoms with Gasteiger partial charge in [0.2, 0.25) is 0 Å². The van der Waals surface area contributed by atoms with E-state index in [-0.39, 0.29) is 12.2 Å². The molecule has 1 amide bonds. The van der Waals surface area contributed by atoms with Crippen LogP contribution in [0, 0.1) is 5.92 Å². The summed E-state index contributed by atoms with van der Waals surface area (Å²) in [4.78, 5) is 16.5. The smallest absolute Gasteiger partial charge is 0.414 e. The van der Waals surface area contributed by atoms with E-state index in [1.165, 1.54) is 5.56 Å². The van der Waals surface area contributed by atoms with Gasteiger partial charge < -0.3 is 18.9 Å². The Morgan fingerprint density at radius 1 is 1.06 bits per heavy atom. The molecule has 2 aliphatic heterocycles. The quantitative estimate of drug-likeness (QED) is 0.435. The maximum absolute atomic E-state index is 12.4. The summed E-state index contributed by atoms with van der Waals surface area (Å²) in [6.45, 7) is 4.46. The van der Waals surface area contributed by atoms with E-state index in [1.807, 2.05) is 30.3 Å². The number of hydrogen-bond donors (Lipinski definition) is 0. The second kappa shape index (κ2) is 11.2. The molecule has 2 fully saturated rings. The molecule has 7 nitrogen and oxygen atoms in total. The van der Waals surface area contributed by atoms with Gasteiger partial charge in [0, 0.05) is 30.4 Å². The fourth-order valence-electron chi connectivity index (χ4n) is 4.47. The Bertz CT molecular complexity index is 939. The van der Waals surface area contributed by atoms with Crippen molar-refractivity contribution >= 4 is 27.7 Å². The van der Waals surface area contributed by atoms with Crippen LogP contribution in [0.25, 0.3) is 0 Å². The van der Waals surface area contributed by atoms with Gasteiger partial charge in [-0.25, -0.2) is 4.79 Å². The zero-order valence-corrected chi connectivity index (χ0v) is 20.8. The first-order valence-corrected chi connectivity index (χ1v) is 12.1. The zero-order valence-electron chi connectivity index (χ0n) is 19.2. The SMILES string of the molecule is COCCOc1ccc(Br)c(CC2CCN(CC3CN(c4ccc(OC)cc4)C(=O)O3)C2)c1. The molecule has 4 rings (SSSR count). The van der Waals surface area contributed by atoms with Crippen LogP contribution in [0.5, 0.6) is 11.5 Å². The number of likely N-dealkylation sites (tertiary alicyclic amines) is 1. The summed E-state index contributed by atoms with van der Waals surface area (Å²) in [5, 5.41) is 0. The molecule has 2 aliphatic rings. The molecule has 0 aromatic heterocycles. The first-order valence-electron chi connectivity index (χ1n) is 11.3. The maximum atomic E-state index is 12.4. The summed E-state index contributed by atoms with van der Waals surface area (Å²) in [5.74, 6) is 2.20. The van der Waals surface area contributed by atoms with Crippen LogP contribution in [0.15, 0.2) is 46.9 Å². The Hall–Kier alpha value is -2.29. The number of rotatable bonds is 10. The van der Waals surface area contributed by atoms with E-state index >= 15 is 0 Å². The Balaban J connectivity index is 1.28. The van der Waals surface area contributed by atoms with Crippen LogP contribution in [-0.2, 0) is 15.9 Å². The third-order valence-corrected chi connectivity index (χ3v) is 6.95. The average molecular weight is 519 g/mol. The van der Waals surface area contributed by atoms with Gasteiger partial charge in [0.1, 0.15) is 24.2 Å². The average Bonchev–Trinajstić information content (AvgIpc) is 3.42. The molecule has 2 saturated heterocycles. The van der Waals surface area contributed by atoms with Gasteiger partial charge in [0.15, 0.2) is 0 Å². The third kappa shape index (κ3) is 6.19. The molecule has 8 heteroatoms. The number of amides is 1. The molecule has 2 aromatic carbocycles. The number of anilines is 1. The highest BCUT2D eigenvalue weighted by Crippen LogP contribution is 2.30. The number of halogens is 1. The lowest BCUT2D eigenvalue weighted by Crippen LogP contribution is -2.33. The molecule has 178 valence electrons. The van der Waals surface area contributed by atoms with Crippen molar-refractivity contribution in [3.8, 4) is 11.5 Å². The summed E-state index contributed by atoms with van der Waals surface area (Å²) in [6, 6.07) is 13.6. The van der Waals surface area contributed by atoms with Crippen LogP contribution >= 0.6 is 15.9 Å². The van der Waals surface area contributed by atoms with E-state index in [9.17, 15) is 4.79 Å². The van der Waals surface area contributed by atoms with Crippen molar-refractivity contribution in [1.82, 2.24) is 4.90 Å². The monoisotopic (exact) mass is 518 g/mol. The molecular formula is C25H31BrN2O5. The number of benzene rings is 2. The lowest BCUT2D eigenvalue weighted by atomic mass is 9.98. The molecule has 0 spiro atoms. The van der Waals surface area contributed by atoms with Crippen LogP contribution < -0.4 is 14.4 Å². The van der Waals surface area contributed by atoms with Crippen LogP contribution in [0.3, 0.4) is 0 Å². The number of carbonyl (C=O) groups is 1. The summed E-state index contributed by atoms with van der Waals surface area (Å²) in [5.41, 5.74) is 2.09. The van der Waals surface area contributed by atoms with Crippen molar-refractivity contribution in [2.75, 3.05) is 58.5 Å². The van der Waals surface area contributed by atoms with E-state index in [2.05, 4.69) is 33.0 Å². The minimum atomic E-state index is -0.282. The normalized spacial score (nSPS) is 20.8. The fourth-order valence-corrected chi connectivity index (χ4v) is 4.88. The number of cyclic esters (lactones) is 1. The molecule has 0 saturated carbocycles. The topological polar surface area (TPSA) is 60.5 Å². The Kier molecular flexibility index (Phi) is 8.11. The van der Waals surface area contributed by atoms with E-state index in [0.29, 0.717) is 25.7 Å². The predicted octanol–water partition coefficient (Wildman–Crippen LogP) is 4.37. The van der Waals surface area contributed by atoms with Gasteiger partial charge in [0.05, 0.1) is 20.3 Å².